The monoisotopic (exact) mass is 394 g/mol. The first-order chi connectivity index (χ1) is 13.2. The van der Waals surface area contributed by atoms with Gasteiger partial charge in [-0.05, 0) is 58.7 Å². The number of carbonyl (C=O) groups excluding carboxylic acids is 1. The minimum Gasteiger partial charge on any atom is -0.461 e. The molecule has 0 saturated carbocycles. The second-order valence-corrected chi connectivity index (χ2v) is 8.69. The molecule has 156 valence electrons. The molecule has 0 amide bonds. The summed E-state index contributed by atoms with van der Waals surface area (Å²) in [6, 6.07) is 5.46. The fourth-order valence-electron chi connectivity index (χ4n) is 3.99. The van der Waals surface area contributed by atoms with Crippen LogP contribution in [-0.2, 0) is 14.3 Å². The molecule has 3 saturated heterocycles. The lowest BCUT2D eigenvalue weighted by Crippen LogP contribution is -2.52. The van der Waals surface area contributed by atoms with Crippen molar-refractivity contribution >= 4 is 5.97 Å². The largest absolute Gasteiger partial charge is 0.461 e. The quantitative estimate of drug-likeness (QED) is 0.547. The molecule has 3 heterocycles. The summed E-state index contributed by atoms with van der Waals surface area (Å²) in [7, 11) is 0. The van der Waals surface area contributed by atoms with Gasteiger partial charge in [0.05, 0.1) is 12.0 Å². The van der Waals surface area contributed by atoms with Gasteiger partial charge in [-0.2, -0.15) is 0 Å². The number of aliphatic hydroxyl groups excluding tert-OH is 1. The highest BCUT2D eigenvalue weighted by molar-refractivity contribution is 5.70. The fraction of sp³-hybridized carbons (Fsp3) is 0.667. The number of rotatable bonds is 7. The lowest BCUT2D eigenvalue weighted by molar-refractivity contribution is -0.187. The number of aliphatic hydroxyl groups is 1. The van der Waals surface area contributed by atoms with E-state index < -0.39 is 29.8 Å². The Morgan fingerprint density at radius 3 is 2.57 bits per heavy atom. The van der Waals surface area contributed by atoms with Crippen molar-refractivity contribution in [2.45, 2.75) is 64.2 Å². The van der Waals surface area contributed by atoms with Gasteiger partial charge in [0.15, 0.2) is 0 Å². The zero-order valence-electron chi connectivity index (χ0n) is 16.9. The number of hydrogen-bond donors (Lipinski definition) is 2. The Morgan fingerprint density at radius 2 is 2.00 bits per heavy atom. The van der Waals surface area contributed by atoms with E-state index in [0.29, 0.717) is 11.5 Å². The minimum absolute atomic E-state index is 0.0886. The third-order valence-electron chi connectivity index (χ3n) is 5.34. The van der Waals surface area contributed by atoms with Crippen LogP contribution in [-0.4, -0.2) is 53.7 Å². The highest BCUT2D eigenvalue weighted by atomic mass is 19.1. The average Bonchev–Trinajstić information content (AvgIpc) is 2.61. The van der Waals surface area contributed by atoms with Gasteiger partial charge in [0.2, 0.25) is 6.41 Å². The van der Waals surface area contributed by atoms with Crippen molar-refractivity contribution in [3.63, 3.8) is 0 Å². The van der Waals surface area contributed by atoms with Crippen molar-refractivity contribution in [2.75, 3.05) is 19.6 Å². The van der Waals surface area contributed by atoms with Gasteiger partial charge >= 0.3 is 5.97 Å². The van der Waals surface area contributed by atoms with Crippen molar-refractivity contribution in [2.24, 2.45) is 5.92 Å². The van der Waals surface area contributed by atoms with E-state index >= 15 is 0 Å². The molecule has 3 atom stereocenters. The molecule has 0 aliphatic carbocycles. The molecule has 4 rings (SSSR count). The number of benzene rings is 1. The minimum atomic E-state index is -1.34. The van der Waals surface area contributed by atoms with Crippen molar-refractivity contribution in [3.8, 4) is 0 Å². The Labute approximate surface area is 166 Å². The van der Waals surface area contributed by atoms with Crippen LogP contribution in [0.4, 0.5) is 4.39 Å². The molecule has 7 heteroatoms. The molecule has 2 N–H and O–H groups in total. The second kappa shape index (κ2) is 8.86. The van der Waals surface area contributed by atoms with Crippen LogP contribution in [0.5, 0.6) is 0 Å². The van der Waals surface area contributed by atoms with E-state index in [2.05, 4.69) is 10.2 Å². The number of hydrogen-bond acceptors (Lipinski definition) is 6. The van der Waals surface area contributed by atoms with E-state index in [-0.39, 0.29) is 12.5 Å². The first-order valence-corrected chi connectivity index (χ1v) is 9.99. The van der Waals surface area contributed by atoms with E-state index in [0.717, 1.165) is 32.5 Å². The van der Waals surface area contributed by atoms with E-state index in [9.17, 15) is 14.3 Å². The molecule has 3 fully saturated rings. The van der Waals surface area contributed by atoms with E-state index in [1.165, 1.54) is 6.07 Å². The van der Waals surface area contributed by atoms with Crippen molar-refractivity contribution in [1.29, 1.82) is 0 Å². The predicted octanol–water partition coefficient (Wildman–Crippen LogP) is 2.57. The number of carbonyl (C=O) groups is 1. The van der Waals surface area contributed by atoms with Gasteiger partial charge in [0, 0.05) is 18.2 Å². The van der Waals surface area contributed by atoms with Crippen molar-refractivity contribution in [1.82, 2.24) is 10.2 Å². The summed E-state index contributed by atoms with van der Waals surface area (Å²) in [5.41, 5.74) is -0.299. The van der Waals surface area contributed by atoms with Crippen LogP contribution in [0.15, 0.2) is 24.3 Å². The molecule has 1 aromatic carbocycles. The van der Waals surface area contributed by atoms with Crippen LogP contribution in [0.3, 0.4) is 0 Å². The van der Waals surface area contributed by atoms with E-state index in [4.69, 9.17) is 9.47 Å². The molecule has 0 radical (unpaired) electrons. The van der Waals surface area contributed by atoms with Crippen LogP contribution in [0.25, 0.3) is 0 Å². The summed E-state index contributed by atoms with van der Waals surface area (Å²) in [5, 5.41) is 13.0. The van der Waals surface area contributed by atoms with Crippen LogP contribution in [0.2, 0.25) is 0 Å². The van der Waals surface area contributed by atoms with Gasteiger partial charge in [0.1, 0.15) is 11.9 Å². The van der Waals surface area contributed by atoms with Gasteiger partial charge < -0.3 is 14.6 Å². The Balaban J connectivity index is 1.66. The summed E-state index contributed by atoms with van der Waals surface area (Å²) in [6.45, 7) is 8.31. The first-order valence-electron chi connectivity index (χ1n) is 9.99. The molecule has 3 aliphatic rings. The highest BCUT2D eigenvalue weighted by Gasteiger charge is 2.37. The summed E-state index contributed by atoms with van der Waals surface area (Å²) in [4.78, 5) is 14.9. The molecule has 3 aliphatic heterocycles. The normalized spacial score (nSPS) is 26.7. The second-order valence-electron chi connectivity index (χ2n) is 8.69. The number of esters is 1. The first kappa shape index (κ1) is 21.2. The van der Waals surface area contributed by atoms with Crippen molar-refractivity contribution in [3.05, 3.63) is 35.6 Å². The average molecular weight is 394 g/mol. The smallest absolute Gasteiger partial charge is 0.308 e. The molecule has 2 bridgehead atoms. The number of halogens is 1. The van der Waals surface area contributed by atoms with Gasteiger partial charge in [-0.25, -0.2) is 4.39 Å². The summed E-state index contributed by atoms with van der Waals surface area (Å²) < 4.78 is 25.5. The Morgan fingerprint density at radius 1 is 1.32 bits per heavy atom. The van der Waals surface area contributed by atoms with E-state index in [1.54, 1.807) is 39.0 Å². The number of nitrogens with zero attached hydrogens (tertiary/aromatic N) is 1. The van der Waals surface area contributed by atoms with Crippen LogP contribution >= 0.6 is 0 Å². The summed E-state index contributed by atoms with van der Waals surface area (Å²) in [5.74, 6) is -0.440. The third kappa shape index (κ3) is 5.73. The zero-order chi connectivity index (χ0) is 20.3. The molecular weight excluding hydrogens is 363 g/mol. The zero-order valence-corrected chi connectivity index (χ0v) is 16.9. The Kier molecular flexibility index (Phi) is 6.70. The predicted molar refractivity (Wildman–Crippen MR) is 103 cm³/mol. The standard InChI is InChI=1S/C21H31FN2O4/c1-21(2,3)28-20(26)23-17(15-6-4-5-7-16(15)22)12-19(25)27-18-13-24-10-8-14(18)9-11-24/h4-7,14,17-18,20,23,26H,8-13H2,1-3H3. The number of piperidine rings is 3. The van der Waals surface area contributed by atoms with Crippen molar-refractivity contribution < 1.29 is 23.8 Å². The number of nitrogens with one attached hydrogen (secondary N) is 1. The lowest BCUT2D eigenvalue weighted by atomic mass is 9.86. The summed E-state index contributed by atoms with van der Waals surface area (Å²) in [6.07, 6.45) is 0.562. The molecule has 28 heavy (non-hydrogen) atoms. The number of ether oxygens (including phenoxy) is 2. The maximum atomic E-state index is 14.3. The SMILES string of the molecule is CC(C)(C)OC(O)NC(CC(=O)OC1CN2CCC1CC2)c1ccccc1F. The Hall–Kier alpha value is -1.54. The molecule has 0 aromatic heterocycles. The highest BCUT2D eigenvalue weighted by Crippen LogP contribution is 2.30. The summed E-state index contributed by atoms with van der Waals surface area (Å²) >= 11 is 0. The van der Waals surface area contributed by atoms with Gasteiger partial charge in [0.25, 0.3) is 0 Å². The van der Waals surface area contributed by atoms with Crippen LogP contribution in [0, 0.1) is 11.7 Å². The van der Waals surface area contributed by atoms with E-state index in [1.807, 2.05) is 0 Å². The molecule has 3 unspecified atom stereocenters. The van der Waals surface area contributed by atoms with Gasteiger partial charge in [-0.1, -0.05) is 18.2 Å². The third-order valence-corrected chi connectivity index (χ3v) is 5.34. The van der Waals surface area contributed by atoms with Crippen LogP contribution in [0.1, 0.15) is 51.6 Å². The topological polar surface area (TPSA) is 71.0 Å². The number of fused-ring (bicyclic) bond motifs is 3. The maximum absolute atomic E-state index is 14.3. The lowest BCUT2D eigenvalue weighted by Gasteiger charge is -2.44. The Bertz CT molecular complexity index is 671. The molecular formula is C21H31FN2O4. The molecule has 0 spiro atoms. The molecule has 1 aromatic rings. The molecule has 6 nitrogen and oxygen atoms in total. The van der Waals surface area contributed by atoms with Gasteiger partial charge in [-0.15, -0.1) is 0 Å². The van der Waals surface area contributed by atoms with Gasteiger partial charge in [-0.3, -0.25) is 15.0 Å². The fourth-order valence-corrected chi connectivity index (χ4v) is 3.99. The van der Waals surface area contributed by atoms with Crippen LogP contribution < -0.4 is 5.32 Å². The maximum Gasteiger partial charge on any atom is 0.308 e.